The van der Waals surface area contributed by atoms with Crippen LogP contribution in [0.15, 0.2) is 12.7 Å². The molecule has 0 aromatic rings. The third-order valence-electron chi connectivity index (χ3n) is 2.03. The summed E-state index contributed by atoms with van der Waals surface area (Å²) < 4.78 is 0. The summed E-state index contributed by atoms with van der Waals surface area (Å²) in [4.78, 5) is 12.0. The summed E-state index contributed by atoms with van der Waals surface area (Å²) in [5.41, 5.74) is 5.19. The normalized spacial score (nSPS) is 27.5. The molecular weight excluding hydrogens is 158 g/mol. The van der Waals surface area contributed by atoms with Crippen LogP contribution in [0.5, 0.6) is 0 Å². The molecular formula is C7H11N3O2. The maximum Gasteiger partial charge on any atom is 0.310 e. The lowest BCUT2D eigenvalue weighted by Gasteiger charge is -2.44. The van der Waals surface area contributed by atoms with Gasteiger partial charge in [-0.2, -0.15) is 0 Å². The van der Waals surface area contributed by atoms with E-state index < -0.39 is 11.9 Å². The molecule has 1 heterocycles. The van der Waals surface area contributed by atoms with E-state index in [9.17, 15) is 4.79 Å². The zero-order chi connectivity index (χ0) is 9.30. The molecule has 0 unspecified atom stereocenters. The van der Waals surface area contributed by atoms with Gasteiger partial charge in [-0.05, 0) is 0 Å². The fraction of sp³-hybridized carbons (Fsp3) is 0.429. The molecule has 1 aliphatic heterocycles. The molecule has 0 amide bonds. The van der Waals surface area contributed by atoms with Gasteiger partial charge in [-0.25, -0.2) is 0 Å². The van der Waals surface area contributed by atoms with Crippen LogP contribution in [-0.4, -0.2) is 34.5 Å². The van der Waals surface area contributed by atoms with Crippen LogP contribution in [0.3, 0.4) is 0 Å². The first-order valence-electron chi connectivity index (χ1n) is 3.54. The van der Waals surface area contributed by atoms with Gasteiger partial charge in [0.1, 0.15) is 0 Å². The Labute approximate surface area is 70.0 Å². The highest BCUT2D eigenvalue weighted by Crippen LogP contribution is 2.24. The largest absolute Gasteiger partial charge is 0.481 e. The summed E-state index contributed by atoms with van der Waals surface area (Å²) in [6.45, 7) is 3.80. The number of aliphatic carboxylic acids is 1. The maximum atomic E-state index is 10.5. The second kappa shape index (κ2) is 2.84. The molecule has 4 N–H and O–H groups in total. The van der Waals surface area contributed by atoms with E-state index in [4.69, 9.17) is 16.2 Å². The Bertz CT molecular complexity index is 219. The summed E-state index contributed by atoms with van der Waals surface area (Å²) in [5.74, 6) is -1.43. The lowest BCUT2D eigenvalue weighted by molar-refractivity contribution is -0.147. The standard InChI is InChI=1S/C7H11N3O2/c1-2-5-4(6(11)12)3-10(5)7(8)9/h2,4-5H,1,3H2,(H3,8,9)(H,11,12)/t4-,5+/m1/s1. The number of nitrogens with two attached hydrogens (primary N) is 1. The van der Waals surface area contributed by atoms with Crippen LogP contribution in [0, 0.1) is 11.3 Å². The van der Waals surface area contributed by atoms with Crippen molar-refractivity contribution in [2.45, 2.75) is 6.04 Å². The second-order valence-electron chi connectivity index (χ2n) is 2.71. The van der Waals surface area contributed by atoms with Crippen LogP contribution in [0.2, 0.25) is 0 Å². The number of rotatable bonds is 2. The van der Waals surface area contributed by atoms with Crippen molar-refractivity contribution in [2.75, 3.05) is 6.54 Å². The summed E-state index contributed by atoms with van der Waals surface area (Å²) in [6, 6.07) is -0.319. The van der Waals surface area contributed by atoms with E-state index in [1.54, 1.807) is 0 Å². The Balaban J connectivity index is 2.63. The second-order valence-corrected chi connectivity index (χ2v) is 2.71. The number of likely N-dealkylation sites (tertiary alicyclic amines) is 1. The summed E-state index contributed by atoms with van der Waals surface area (Å²) in [5, 5.41) is 15.7. The van der Waals surface area contributed by atoms with Gasteiger partial charge in [0.25, 0.3) is 0 Å². The molecule has 0 aromatic carbocycles. The summed E-state index contributed by atoms with van der Waals surface area (Å²) in [6.07, 6.45) is 1.50. The lowest BCUT2D eigenvalue weighted by Crippen LogP contribution is -2.62. The number of hydrogen-bond donors (Lipinski definition) is 3. The first-order valence-corrected chi connectivity index (χ1v) is 3.54. The number of carboxylic acids is 1. The Morgan fingerprint density at radius 1 is 1.83 bits per heavy atom. The summed E-state index contributed by atoms with van der Waals surface area (Å²) >= 11 is 0. The van der Waals surface area contributed by atoms with Crippen LogP contribution in [0.25, 0.3) is 0 Å². The molecule has 0 aliphatic carbocycles. The zero-order valence-electron chi connectivity index (χ0n) is 6.53. The number of nitrogens with one attached hydrogen (secondary N) is 1. The first kappa shape index (κ1) is 8.58. The fourth-order valence-corrected chi connectivity index (χ4v) is 1.30. The predicted molar refractivity (Wildman–Crippen MR) is 43.7 cm³/mol. The predicted octanol–water partition coefficient (Wildman–Crippen LogP) is -0.549. The number of carboxylic acid groups (broad SMARTS) is 1. The Morgan fingerprint density at radius 2 is 2.42 bits per heavy atom. The van der Waals surface area contributed by atoms with Crippen molar-refractivity contribution in [3.05, 3.63) is 12.7 Å². The van der Waals surface area contributed by atoms with Gasteiger partial charge in [0.2, 0.25) is 0 Å². The molecule has 12 heavy (non-hydrogen) atoms. The lowest BCUT2D eigenvalue weighted by atomic mass is 9.89. The van der Waals surface area contributed by atoms with E-state index in [2.05, 4.69) is 6.58 Å². The molecule has 66 valence electrons. The zero-order valence-corrected chi connectivity index (χ0v) is 6.53. The Kier molecular flexibility index (Phi) is 2.03. The van der Waals surface area contributed by atoms with Gasteiger partial charge in [0.15, 0.2) is 5.96 Å². The van der Waals surface area contributed by atoms with Crippen molar-refractivity contribution < 1.29 is 9.90 Å². The van der Waals surface area contributed by atoms with Crippen LogP contribution in [0.4, 0.5) is 0 Å². The third kappa shape index (κ3) is 1.13. The average Bonchev–Trinajstić information content (AvgIpc) is 1.83. The highest BCUT2D eigenvalue weighted by Gasteiger charge is 2.42. The topological polar surface area (TPSA) is 90.4 Å². The molecule has 0 spiro atoms. The molecule has 0 aromatic heterocycles. The highest BCUT2D eigenvalue weighted by atomic mass is 16.4. The van der Waals surface area contributed by atoms with E-state index in [0.717, 1.165) is 0 Å². The highest BCUT2D eigenvalue weighted by molar-refractivity contribution is 5.81. The van der Waals surface area contributed by atoms with Crippen LogP contribution in [0.1, 0.15) is 0 Å². The molecule has 1 saturated heterocycles. The van der Waals surface area contributed by atoms with E-state index in [1.807, 2.05) is 0 Å². The van der Waals surface area contributed by atoms with Gasteiger partial charge in [-0.3, -0.25) is 10.2 Å². The Morgan fingerprint density at radius 3 is 2.75 bits per heavy atom. The van der Waals surface area contributed by atoms with Crippen LogP contribution < -0.4 is 5.73 Å². The van der Waals surface area contributed by atoms with E-state index in [0.29, 0.717) is 6.54 Å². The molecule has 2 atom stereocenters. The van der Waals surface area contributed by atoms with E-state index in [-0.39, 0.29) is 12.0 Å². The maximum absolute atomic E-state index is 10.5. The van der Waals surface area contributed by atoms with Crippen molar-refractivity contribution in [1.29, 1.82) is 5.41 Å². The minimum absolute atomic E-state index is 0.0996. The number of carbonyl (C=O) groups is 1. The third-order valence-corrected chi connectivity index (χ3v) is 2.03. The minimum atomic E-state index is -0.864. The molecule has 0 saturated carbocycles. The monoisotopic (exact) mass is 169 g/mol. The molecule has 1 aliphatic rings. The number of hydrogen-bond acceptors (Lipinski definition) is 2. The van der Waals surface area contributed by atoms with Crippen LogP contribution in [-0.2, 0) is 4.79 Å². The van der Waals surface area contributed by atoms with Crippen molar-refractivity contribution in [3.8, 4) is 0 Å². The van der Waals surface area contributed by atoms with Crippen molar-refractivity contribution >= 4 is 11.9 Å². The minimum Gasteiger partial charge on any atom is -0.481 e. The van der Waals surface area contributed by atoms with Crippen molar-refractivity contribution in [2.24, 2.45) is 11.7 Å². The molecule has 5 nitrogen and oxygen atoms in total. The quantitative estimate of drug-likeness (QED) is 0.294. The van der Waals surface area contributed by atoms with Gasteiger partial charge in [0.05, 0.1) is 12.0 Å². The van der Waals surface area contributed by atoms with E-state index >= 15 is 0 Å². The average molecular weight is 169 g/mol. The SMILES string of the molecule is C=C[C@H]1[C@H](C(=O)O)CN1C(=N)N. The van der Waals surface area contributed by atoms with Gasteiger partial charge < -0.3 is 15.7 Å². The number of guanidine groups is 1. The summed E-state index contributed by atoms with van der Waals surface area (Å²) in [7, 11) is 0. The van der Waals surface area contributed by atoms with Gasteiger partial charge in [0, 0.05) is 6.54 Å². The molecule has 1 rings (SSSR count). The van der Waals surface area contributed by atoms with E-state index in [1.165, 1.54) is 11.0 Å². The van der Waals surface area contributed by atoms with Crippen molar-refractivity contribution in [1.82, 2.24) is 4.90 Å². The fourth-order valence-electron chi connectivity index (χ4n) is 1.30. The number of nitrogens with zero attached hydrogens (tertiary/aromatic N) is 1. The molecule has 0 bridgehead atoms. The van der Waals surface area contributed by atoms with Crippen molar-refractivity contribution in [3.63, 3.8) is 0 Å². The van der Waals surface area contributed by atoms with Gasteiger partial charge in [-0.1, -0.05) is 6.08 Å². The smallest absolute Gasteiger partial charge is 0.310 e. The van der Waals surface area contributed by atoms with Gasteiger partial charge >= 0.3 is 5.97 Å². The Hall–Kier alpha value is -1.52. The van der Waals surface area contributed by atoms with Crippen LogP contribution >= 0.6 is 0 Å². The molecule has 5 heteroatoms. The van der Waals surface area contributed by atoms with Gasteiger partial charge in [-0.15, -0.1) is 6.58 Å². The molecule has 1 fully saturated rings. The molecule has 0 radical (unpaired) electrons. The first-order chi connectivity index (χ1) is 5.57.